The minimum absolute atomic E-state index is 0.435. The fourth-order valence-corrected chi connectivity index (χ4v) is 1.01. The summed E-state index contributed by atoms with van der Waals surface area (Å²) in [6.07, 6.45) is 0.765. The van der Waals surface area contributed by atoms with Crippen LogP contribution in [0.1, 0.15) is 19.7 Å². The minimum Gasteiger partial charge on any atom is -0.478 e. The highest BCUT2D eigenvalue weighted by molar-refractivity contribution is 6.29. The van der Waals surface area contributed by atoms with Crippen LogP contribution in [-0.2, 0) is 6.42 Å². The van der Waals surface area contributed by atoms with Gasteiger partial charge in [0.05, 0.1) is 6.61 Å². The van der Waals surface area contributed by atoms with Crippen molar-refractivity contribution >= 4 is 11.6 Å². The SMILES string of the molecule is CCOc1cc(Cl)nc(CC)n1. The number of rotatable bonds is 3. The lowest BCUT2D eigenvalue weighted by atomic mass is 10.4. The molecule has 3 nitrogen and oxygen atoms in total. The Morgan fingerprint density at radius 3 is 2.75 bits per heavy atom. The first-order valence-electron chi connectivity index (χ1n) is 3.92. The molecule has 0 fully saturated rings. The summed E-state index contributed by atoms with van der Waals surface area (Å²) >= 11 is 5.73. The maximum Gasteiger partial charge on any atom is 0.218 e. The monoisotopic (exact) mass is 186 g/mol. The van der Waals surface area contributed by atoms with E-state index in [9.17, 15) is 0 Å². The Balaban J connectivity index is 2.90. The molecule has 0 aromatic carbocycles. The van der Waals surface area contributed by atoms with Gasteiger partial charge in [-0.1, -0.05) is 18.5 Å². The smallest absolute Gasteiger partial charge is 0.218 e. The van der Waals surface area contributed by atoms with Crippen molar-refractivity contribution in [3.8, 4) is 5.88 Å². The third-order valence-corrected chi connectivity index (χ3v) is 1.52. The third kappa shape index (κ3) is 2.34. The molecule has 66 valence electrons. The topological polar surface area (TPSA) is 35.0 Å². The lowest BCUT2D eigenvalue weighted by Crippen LogP contribution is -1.99. The van der Waals surface area contributed by atoms with Crippen LogP contribution in [0.2, 0.25) is 5.15 Å². The number of ether oxygens (including phenoxy) is 1. The maximum atomic E-state index is 5.73. The highest BCUT2D eigenvalue weighted by Gasteiger charge is 2.00. The molecular weight excluding hydrogens is 176 g/mol. The average Bonchev–Trinajstić information content (AvgIpc) is 2.04. The Hall–Kier alpha value is -0.830. The molecule has 0 saturated heterocycles. The molecular formula is C8H11ClN2O. The molecule has 1 aromatic heterocycles. The second-order valence-corrected chi connectivity index (χ2v) is 2.62. The molecule has 0 aliphatic carbocycles. The molecule has 0 amide bonds. The lowest BCUT2D eigenvalue weighted by molar-refractivity contribution is 0.325. The first-order valence-corrected chi connectivity index (χ1v) is 4.30. The zero-order chi connectivity index (χ0) is 8.97. The molecule has 0 spiro atoms. The van der Waals surface area contributed by atoms with E-state index < -0.39 is 0 Å². The van der Waals surface area contributed by atoms with Crippen molar-refractivity contribution < 1.29 is 4.74 Å². The van der Waals surface area contributed by atoms with Crippen molar-refractivity contribution in [1.29, 1.82) is 0 Å². The van der Waals surface area contributed by atoms with Gasteiger partial charge < -0.3 is 4.74 Å². The van der Waals surface area contributed by atoms with Crippen LogP contribution >= 0.6 is 11.6 Å². The van der Waals surface area contributed by atoms with Crippen molar-refractivity contribution in [2.45, 2.75) is 20.3 Å². The van der Waals surface area contributed by atoms with Gasteiger partial charge in [0, 0.05) is 12.5 Å². The summed E-state index contributed by atoms with van der Waals surface area (Å²) in [5, 5.41) is 0.435. The van der Waals surface area contributed by atoms with Gasteiger partial charge in [0.1, 0.15) is 11.0 Å². The average molecular weight is 187 g/mol. The quantitative estimate of drug-likeness (QED) is 0.679. The predicted octanol–water partition coefficient (Wildman–Crippen LogP) is 2.09. The Morgan fingerprint density at radius 2 is 2.17 bits per heavy atom. The van der Waals surface area contributed by atoms with E-state index in [2.05, 4.69) is 9.97 Å². The van der Waals surface area contributed by atoms with E-state index in [1.807, 2.05) is 13.8 Å². The van der Waals surface area contributed by atoms with Crippen LogP contribution < -0.4 is 4.74 Å². The van der Waals surface area contributed by atoms with Gasteiger partial charge in [-0.2, -0.15) is 4.98 Å². The van der Waals surface area contributed by atoms with E-state index in [-0.39, 0.29) is 0 Å². The van der Waals surface area contributed by atoms with E-state index >= 15 is 0 Å². The standard InChI is InChI=1S/C8H11ClN2O/c1-3-7-10-6(9)5-8(11-7)12-4-2/h5H,3-4H2,1-2H3. The summed E-state index contributed by atoms with van der Waals surface area (Å²) < 4.78 is 5.19. The largest absolute Gasteiger partial charge is 0.478 e. The molecule has 1 heterocycles. The van der Waals surface area contributed by atoms with Crippen LogP contribution in [0.3, 0.4) is 0 Å². The normalized spacial score (nSPS) is 9.92. The Morgan fingerprint density at radius 1 is 1.42 bits per heavy atom. The van der Waals surface area contributed by atoms with Crippen LogP contribution in [-0.4, -0.2) is 16.6 Å². The van der Waals surface area contributed by atoms with Crippen LogP contribution in [0.4, 0.5) is 0 Å². The molecule has 0 unspecified atom stereocenters. The van der Waals surface area contributed by atoms with E-state index in [0.717, 1.165) is 6.42 Å². The summed E-state index contributed by atoms with van der Waals surface area (Å²) in [5.41, 5.74) is 0. The van der Waals surface area contributed by atoms with Crippen molar-refractivity contribution in [2.75, 3.05) is 6.61 Å². The number of hydrogen-bond acceptors (Lipinski definition) is 3. The van der Waals surface area contributed by atoms with Gasteiger partial charge in [-0.15, -0.1) is 0 Å². The number of aromatic nitrogens is 2. The van der Waals surface area contributed by atoms with E-state index in [0.29, 0.717) is 23.5 Å². The van der Waals surface area contributed by atoms with E-state index in [4.69, 9.17) is 16.3 Å². The zero-order valence-electron chi connectivity index (χ0n) is 7.17. The molecule has 1 rings (SSSR count). The summed E-state index contributed by atoms with van der Waals surface area (Å²) in [6.45, 7) is 4.47. The molecule has 0 bridgehead atoms. The third-order valence-electron chi connectivity index (χ3n) is 1.33. The van der Waals surface area contributed by atoms with Gasteiger partial charge in [0.15, 0.2) is 0 Å². The van der Waals surface area contributed by atoms with E-state index in [1.54, 1.807) is 6.07 Å². The maximum absolute atomic E-state index is 5.73. The summed E-state index contributed by atoms with van der Waals surface area (Å²) in [6, 6.07) is 1.62. The second kappa shape index (κ2) is 4.26. The molecule has 0 N–H and O–H groups in total. The Labute approximate surface area is 76.7 Å². The number of nitrogens with zero attached hydrogens (tertiary/aromatic N) is 2. The summed E-state index contributed by atoms with van der Waals surface area (Å²) in [4.78, 5) is 8.13. The first kappa shape index (κ1) is 9.26. The molecule has 1 aromatic rings. The highest BCUT2D eigenvalue weighted by Crippen LogP contribution is 2.13. The van der Waals surface area contributed by atoms with Crippen molar-refractivity contribution in [2.24, 2.45) is 0 Å². The van der Waals surface area contributed by atoms with Crippen molar-refractivity contribution in [3.05, 3.63) is 17.0 Å². The van der Waals surface area contributed by atoms with E-state index in [1.165, 1.54) is 0 Å². The molecule has 0 aliphatic heterocycles. The van der Waals surface area contributed by atoms with Crippen molar-refractivity contribution in [1.82, 2.24) is 9.97 Å². The van der Waals surface area contributed by atoms with Crippen LogP contribution in [0.15, 0.2) is 6.07 Å². The van der Waals surface area contributed by atoms with Gasteiger partial charge in [0.25, 0.3) is 0 Å². The van der Waals surface area contributed by atoms with Crippen LogP contribution in [0.5, 0.6) is 5.88 Å². The molecule has 12 heavy (non-hydrogen) atoms. The van der Waals surface area contributed by atoms with Gasteiger partial charge in [-0.3, -0.25) is 0 Å². The fourth-order valence-electron chi connectivity index (χ4n) is 0.822. The summed E-state index contributed by atoms with van der Waals surface area (Å²) in [5.74, 6) is 1.26. The first-order chi connectivity index (χ1) is 5.76. The zero-order valence-corrected chi connectivity index (χ0v) is 7.93. The molecule has 0 radical (unpaired) electrons. The molecule has 0 aliphatic rings. The molecule has 0 atom stereocenters. The Bertz CT molecular complexity index is 265. The predicted molar refractivity (Wildman–Crippen MR) is 47.6 cm³/mol. The van der Waals surface area contributed by atoms with Crippen LogP contribution in [0.25, 0.3) is 0 Å². The van der Waals surface area contributed by atoms with Crippen LogP contribution in [0, 0.1) is 0 Å². The summed E-state index contributed by atoms with van der Waals surface area (Å²) in [7, 11) is 0. The second-order valence-electron chi connectivity index (χ2n) is 2.23. The lowest BCUT2D eigenvalue weighted by Gasteiger charge is -2.03. The fraction of sp³-hybridized carbons (Fsp3) is 0.500. The molecule has 0 saturated carbocycles. The number of aryl methyl sites for hydroxylation is 1. The highest BCUT2D eigenvalue weighted by atomic mass is 35.5. The van der Waals surface area contributed by atoms with Gasteiger partial charge in [-0.05, 0) is 6.92 Å². The number of hydrogen-bond donors (Lipinski definition) is 0. The van der Waals surface area contributed by atoms with Crippen molar-refractivity contribution in [3.63, 3.8) is 0 Å². The minimum atomic E-state index is 0.435. The Kier molecular flexibility index (Phi) is 3.29. The van der Waals surface area contributed by atoms with Gasteiger partial charge >= 0.3 is 0 Å². The number of halogens is 1. The molecule has 4 heteroatoms. The van der Waals surface area contributed by atoms with Gasteiger partial charge in [-0.25, -0.2) is 4.98 Å². The van der Waals surface area contributed by atoms with Gasteiger partial charge in [0.2, 0.25) is 5.88 Å².